The molecule has 1 N–H and O–H groups in total. The number of hydrogen-bond donors (Lipinski definition) is 1. The summed E-state index contributed by atoms with van der Waals surface area (Å²) in [5.74, 6) is 0. The van der Waals surface area contributed by atoms with Gasteiger partial charge < -0.3 is 5.32 Å². The standard InChI is InChI=1S/C9H19N/c1-4-7-8-9(5-2)10-6-3/h8,10H,4-7H2,1-3H3/b9-8-. The molecule has 0 atom stereocenters. The van der Waals surface area contributed by atoms with Crippen molar-refractivity contribution in [3.63, 3.8) is 0 Å². The summed E-state index contributed by atoms with van der Waals surface area (Å²) < 4.78 is 0. The Labute approximate surface area is 64.5 Å². The molecule has 0 aliphatic heterocycles. The van der Waals surface area contributed by atoms with Gasteiger partial charge in [-0.3, -0.25) is 0 Å². The first-order valence-corrected chi connectivity index (χ1v) is 4.28. The van der Waals surface area contributed by atoms with E-state index < -0.39 is 0 Å². The van der Waals surface area contributed by atoms with E-state index in [1.165, 1.54) is 18.5 Å². The van der Waals surface area contributed by atoms with Gasteiger partial charge in [-0.25, -0.2) is 0 Å². The summed E-state index contributed by atoms with van der Waals surface area (Å²) >= 11 is 0. The minimum Gasteiger partial charge on any atom is -0.389 e. The molecule has 0 aromatic rings. The largest absolute Gasteiger partial charge is 0.389 e. The summed E-state index contributed by atoms with van der Waals surface area (Å²) in [5.41, 5.74) is 1.39. The van der Waals surface area contributed by atoms with Gasteiger partial charge in [-0.15, -0.1) is 0 Å². The van der Waals surface area contributed by atoms with Crippen molar-refractivity contribution in [3.05, 3.63) is 11.8 Å². The molecule has 0 saturated heterocycles. The molecular formula is C9H19N. The van der Waals surface area contributed by atoms with E-state index in [2.05, 4.69) is 32.2 Å². The van der Waals surface area contributed by atoms with E-state index in [1.807, 2.05) is 0 Å². The summed E-state index contributed by atoms with van der Waals surface area (Å²) in [6.07, 6.45) is 5.88. The molecule has 0 aromatic carbocycles. The Morgan fingerprint density at radius 3 is 2.40 bits per heavy atom. The van der Waals surface area contributed by atoms with Crippen LogP contribution in [-0.4, -0.2) is 6.54 Å². The van der Waals surface area contributed by atoms with Crippen LogP contribution in [0.5, 0.6) is 0 Å². The molecule has 0 fully saturated rings. The highest BCUT2D eigenvalue weighted by Gasteiger charge is 1.87. The van der Waals surface area contributed by atoms with Crippen molar-refractivity contribution in [2.24, 2.45) is 0 Å². The van der Waals surface area contributed by atoms with E-state index in [-0.39, 0.29) is 0 Å². The van der Waals surface area contributed by atoms with Crippen molar-refractivity contribution in [1.82, 2.24) is 5.32 Å². The van der Waals surface area contributed by atoms with Gasteiger partial charge in [0.15, 0.2) is 0 Å². The third-order valence-corrected chi connectivity index (χ3v) is 1.46. The fraction of sp³-hybridized carbons (Fsp3) is 0.778. The molecule has 1 nitrogen and oxygen atoms in total. The van der Waals surface area contributed by atoms with Crippen molar-refractivity contribution < 1.29 is 0 Å². The highest BCUT2D eigenvalue weighted by Crippen LogP contribution is 1.98. The van der Waals surface area contributed by atoms with Crippen LogP contribution in [0.25, 0.3) is 0 Å². The second-order valence-electron chi connectivity index (χ2n) is 2.40. The van der Waals surface area contributed by atoms with Crippen LogP contribution >= 0.6 is 0 Å². The minimum absolute atomic E-state index is 1.05. The smallest absolute Gasteiger partial charge is 0.0115 e. The Morgan fingerprint density at radius 2 is 2.00 bits per heavy atom. The SMILES string of the molecule is CCC/C=C(/CC)NCC. The molecule has 10 heavy (non-hydrogen) atoms. The summed E-state index contributed by atoms with van der Waals surface area (Å²) in [7, 11) is 0. The second kappa shape index (κ2) is 6.66. The van der Waals surface area contributed by atoms with Crippen LogP contribution in [0.15, 0.2) is 11.8 Å². The molecule has 0 amide bonds. The van der Waals surface area contributed by atoms with E-state index >= 15 is 0 Å². The average molecular weight is 141 g/mol. The van der Waals surface area contributed by atoms with Crippen molar-refractivity contribution in [2.75, 3.05) is 6.54 Å². The zero-order chi connectivity index (χ0) is 7.82. The van der Waals surface area contributed by atoms with Crippen LogP contribution < -0.4 is 5.32 Å². The van der Waals surface area contributed by atoms with Gasteiger partial charge in [0.1, 0.15) is 0 Å². The van der Waals surface area contributed by atoms with Gasteiger partial charge >= 0.3 is 0 Å². The van der Waals surface area contributed by atoms with E-state index in [0.717, 1.165) is 13.0 Å². The minimum atomic E-state index is 1.05. The summed E-state index contributed by atoms with van der Waals surface area (Å²) in [4.78, 5) is 0. The Balaban J connectivity index is 3.55. The zero-order valence-electron chi connectivity index (χ0n) is 7.41. The Bertz CT molecular complexity index is 94.9. The van der Waals surface area contributed by atoms with Crippen LogP contribution in [0.2, 0.25) is 0 Å². The highest BCUT2D eigenvalue weighted by atomic mass is 14.9. The lowest BCUT2D eigenvalue weighted by Gasteiger charge is -2.04. The Kier molecular flexibility index (Phi) is 6.35. The van der Waals surface area contributed by atoms with E-state index in [9.17, 15) is 0 Å². The van der Waals surface area contributed by atoms with Crippen molar-refractivity contribution in [3.8, 4) is 0 Å². The first-order valence-electron chi connectivity index (χ1n) is 4.28. The second-order valence-corrected chi connectivity index (χ2v) is 2.40. The Morgan fingerprint density at radius 1 is 1.30 bits per heavy atom. The molecule has 0 aliphatic rings. The third-order valence-electron chi connectivity index (χ3n) is 1.46. The van der Waals surface area contributed by atoms with Gasteiger partial charge in [-0.1, -0.05) is 26.3 Å². The molecule has 60 valence electrons. The maximum atomic E-state index is 3.33. The fourth-order valence-corrected chi connectivity index (χ4v) is 0.887. The monoisotopic (exact) mass is 141 g/mol. The topological polar surface area (TPSA) is 12.0 Å². The molecule has 1 heteroatoms. The maximum Gasteiger partial charge on any atom is 0.0115 e. The molecule has 0 saturated carbocycles. The summed E-state index contributed by atoms with van der Waals surface area (Å²) in [5, 5.41) is 3.33. The number of nitrogens with one attached hydrogen (secondary N) is 1. The number of rotatable bonds is 5. The van der Waals surface area contributed by atoms with Crippen LogP contribution in [0.3, 0.4) is 0 Å². The lowest BCUT2D eigenvalue weighted by atomic mass is 10.2. The van der Waals surface area contributed by atoms with E-state index in [1.54, 1.807) is 0 Å². The van der Waals surface area contributed by atoms with Crippen molar-refractivity contribution in [2.45, 2.75) is 40.0 Å². The van der Waals surface area contributed by atoms with Gasteiger partial charge in [0.25, 0.3) is 0 Å². The first kappa shape index (κ1) is 9.54. The molecule has 0 spiro atoms. The van der Waals surface area contributed by atoms with E-state index in [0.29, 0.717) is 0 Å². The predicted molar refractivity (Wildman–Crippen MR) is 47.0 cm³/mol. The number of unbranched alkanes of at least 4 members (excludes halogenated alkanes) is 1. The lowest BCUT2D eigenvalue weighted by molar-refractivity contribution is 0.789. The summed E-state index contributed by atoms with van der Waals surface area (Å²) in [6, 6.07) is 0. The molecule has 0 radical (unpaired) electrons. The molecule has 0 aromatic heterocycles. The van der Waals surface area contributed by atoms with Crippen LogP contribution in [0, 0.1) is 0 Å². The van der Waals surface area contributed by atoms with Crippen LogP contribution in [0.1, 0.15) is 40.0 Å². The highest BCUT2D eigenvalue weighted by molar-refractivity contribution is 4.97. The number of allylic oxidation sites excluding steroid dienone is 2. The van der Waals surface area contributed by atoms with Gasteiger partial charge in [0, 0.05) is 12.2 Å². The quantitative estimate of drug-likeness (QED) is 0.620. The van der Waals surface area contributed by atoms with E-state index in [4.69, 9.17) is 0 Å². The molecule has 0 unspecified atom stereocenters. The molecule has 0 rings (SSSR count). The fourth-order valence-electron chi connectivity index (χ4n) is 0.887. The summed E-state index contributed by atoms with van der Waals surface area (Å²) in [6.45, 7) is 7.57. The van der Waals surface area contributed by atoms with Crippen LogP contribution in [0.4, 0.5) is 0 Å². The van der Waals surface area contributed by atoms with Crippen molar-refractivity contribution >= 4 is 0 Å². The average Bonchev–Trinajstić information content (AvgIpc) is 1.98. The first-order chi connectivity index (χ1) is 4.85. The third kappa shape index (κ3) is 4.42. The maximum absolute atomic E-state index is 3.33. The molecule has 0 heterocycles. The van der Waals surface area contributed by atoms with Gasteiger partial charge in [-0.2, -0.15) is 0 Å². The molecule has 0 aliphatic carbocycles. The number of hydrogen-bond acceptors (Lipinski definition) is 1. The zero-order valence-corrected chi connectivity index (χ0v) is 7.41. The lowest BCUT2D eigenvalue weighted by Crippen LogP contribution is -2.10. The molecule has 0 bridgehead atoms. The van der Waals surface area contributed by atoms with Gasteiger partial charge in [0.2, 0.25) is 0 Å². The molecular weight excluding hydrogens is 122 g/mol. The van der Waals surface area contributed by atoms with Crippen LogP contribution in [-0.2, 0) is 0 Å². The Hall–Kier alpha value is -0.460. The predicted octanol–water partition coefficient (Wildman–Crippen LogP) is 2.69. The van der Waals surface area contributed by atoms with Crippen molar-refractivity contribution in [1.29, 1.82) is 0 Å². The van der Waals surface area contributed by atoms with Gasteiger partial charge in [-0.05, 0) is 19.8 Å². The van der Waals surface area contributed by atoms with Gasteiger partial charge in [0.05, 0.1) is 0 Å². The normalized spacial score (nSPS) is 11.7.